The third-order valence-corrected chi connectivity index (χ3v) is 3.42. The first-order chi connectivity index (χ1) is 5.04. The number of thioether (sulfide) groups is 1. The third-order valence-electron chi connectivity index (χ3n) is 1.03. The zero-order valence-electron chi connectivity index (χ0n) is 5.30. The summed E-state index contributed by atoms with van der Waals surface area (Å²) in [6.45, 7) is 0. The van der Waals surface area contributed by atoms with Crippen LogP contribution in [-0.4, -0.2) is 35.4 Å². The predicted molar refractivity (Wildman–Crippen MR) is 41.3 cm³/mol. The Morgan fingerprint density at radius 3 is 2.64 bits per heavy atom. The first-order valence-electron chi connectivity index (χ1n) is 2.67. The molecule has 0 saturated heterocycles. The fourth-order valence-corrected chi connectivity index (χ4v) is 2.32. The van der Waals surface area contributed by atoms with Gasteiger partial charge in [-0.2, -0.15) is 8.42 Å². The molecule has 0 aromatic rings. The summed E-state index contributed by atoms with van der Waals surface area (Å²) in [5.74, 6) is 0.290. The van der Waals surface area contributed by atoms with Crippen molar-refractivity contribution in [3.8, 4) is 0 Å². The van der Waals surface area contributed by atoms with Crippen LogP contribution in [0.1, 0.15) is 0 Å². The Labute approximate surface area is 67.6 Å². The maximum atomic E-state index is 10.4. The smallest absolute Gasteiger partial charge is 0.301 e. The van der Waals surface area contributed by atoms with Gasteiger partial charge in [-0.05, 0) is 0 Å². The molecular weight excluding hydrogens is 190 g/mol. The largest absolute Gasteiger partial charge is 0.318 e. The average Bonchev–Trinajstić information content (AvgIpc) is 2.32. The van der Waals surface area contributed by atoms with Gasteiger partial charge in [0.2, 0.25) is 4.38 Å². The number of aldehydes is 1. The number of carbonyl (C=O) groups excluding carboxylic acids is 1. The molecule has 1 aliphatic heterocycles. The highest BCUT2D eigenvalue weighted by Gasteiger charge is 2.25. The Kier molecular flexibility index (Phi) is 2.31. The van der Waals surface area contributed by atoms with E-state index in [4.69, 9.17) is 4.55 Å². The lowest BCUT2D eigenvalue weighted by atomic mass is 10.4. The van der Waals surface area contributed by atoms with Crippen molar-refractivity contribution >= 4 is 32.5 Å². The first-order valence-corrected chi connectivity index (χ1v) is 5.10. The molecule has 0 radical (unpaired) electrons. The van der Waals surface area contributed by atoms with Crippen LogP contribution < -0.4 is 0 Å². The van der Waals surface area contributed by atoms with E-state index in [0.717, 1.165) is 11.8 Å². The van der Waals surface area contributed by atoms with Crippen LogP contribution in [0.4, 0.5) is 0 Å². The SMILES string of the molecule is O=CC1CSC(S(=O)(=O)O)=N1. The Hall–Kier alpha value is -0.400. The third kappa shape index (κ3) is 2.01. The van der Waals surface area contributed by atoms with Crippen molar-refractivity contribution in [2.24, 2.45) is 4.99 Å². The van der Waals surface area contributed by atoms with Crippen LogP contribution >= 0.6 is 11.8 Å². The summed E-state index contributed by atoms with van der Waals surface area (Å²) in [7, 11) is -4.19. The lowest BCUT2D eigenvalue weighted by Crippen LogP contribution is -2.07. The quantitative estimate of drug-likeness (QED) is 0.452. The molecule has 11 heavy (non-hydrogen) atoms. The molecule has 0 aromatic heterocycles. The number of nitrogens with zero attached hydrogens (tertiary/aromatic N) is 1. The van der Waals surface area contributed by atoms with E-state index >= 15 is 0 Å². The van der Waals surface area contributed by atoms with Gasteiger partial charge in [0, 0.05) is 5.75 Å². The summed E-state index contributed by atoms with van der Waals surface area (Å²) in [5, 5.41) is 0. The van der Waals surface area contributed by atoms with Gasteiger partial charge in [0.1, 0.15) is 12.3 Å². The van der Waals surface area contributed by atoms with Gasteiger partial charge in [0.25, 0.3) is 0 Å². The van der Waals surface area contributed by atoms with E-state index in [1.54, 1.807) is 0 Å². The predicted octanol–water partition coefficient (Wildman–Crippen LogP) is -0.456. The molecule has 1 N–H and O–H groups in total. The molecule has 0 bridgehead atoms. The maximum Gasteiger partial charge on any atom is 0.318 e. The lowest BCUT2D eigenvalue weighted by Gasteiger charge is -1.89. The minimum Gasteiger partial charge on any atom is -0.301 e. The molecule has 0 amide bonds. The van der Waals surface area contributed by atoms with Gasteiger partial charge in [-0.15, -0.1) is 0 Å². The second-order valence-corrected chi connectivity index (χ2v) is 4.49. The molecule has 5 nitrogen and oxygen atoms in total. The summed E-state index contributed by atoms with van der Waals surface area (Å²) in [6.07, 6.45) is 0.547. The van der Waals surface area contributed by atoms with Crippen molar-refractivity contribution in [3.05, 3.63) is 0 Å². The monoisotopic (exact) mass is 195 g/mol. The molecule has 1 atom stereocenters. The standard InChI is InChI=1S/C4H5NO4S2/c6-1-3-2-10-4(5-3)11(7,8)9/h1,3H,2H2,(H,7,8,9). The van der Waals surface area contributed by atoms with Crippen LogP contribution in [0.2, 0.25) is 0 Å². The summed E-state index contributed by atoms with van der Waals surface area (Å²) in [5.41, 5.74) is 0. The Bertz CT molecular complexity index is 293. The normalized spacial score (nSPS) is 24.8. The Balaban J connectivity index is 2.87. The van der Waals surface area contributed by atoms with Crippen LogP contribution in [0.15, 0.2) is 4.99 Å². The van der Waals surface area contributed by atoms with Gasteiger partial charge in [-0.3, -0.25) is 9.55 Å². The number of aliphatic imine (C=N–C) groups is 1. The zero-order valence-corrected chi connectivity index (χ0v) is 6.93. The van der Waals surface area contributed by atoms with E-state index in [1.165, 1.54) is 0 Å². The molecule has 1 unspecified atom stereocenters. The van der Waals surface area contributed by atoms with Gasteiger partial charge < -0.3 is 4.79 Å². The molecule has 0 aliphatic carbocycles. The molecule has 1 aliphatic rings. The van der Waals surface area contributed by atoms with Gasteiger partial charge in [-0.25, -0.2) is 0 Å². The highest BCUT2D eigenvalue weighted by atomic mass is 32.3. The molecule has 0 saturated carbocycles. The Morgan fingerprint density at radius 2 is 2.36 bits per heavy atom. The number of rotatable bonds is 1. The highest BCUT2D eigenvalue weighted by molar-refractivity contribution is 8.33. The molecule has 0 aromatic carbocycles. The second kappa shape index (κ2) is 2.92. The second-order valence-electron chi connectivity index (χ2n) is 1.88. The molecule has 1 rings (SSSR count). The number of hydrogen-bond acceptors (Lipinski definition) is 5. The molecule has 62 valence electrons. The van der Waals surface area contributed by atoms with Crippen LogP contribution in [-0.2, 0) is 14.9 Å². The van der Waals surface area contributed by atoms with Crippen LogP contribution in [0.25, 0.3) is 0 Å². The molecule has 7 heteroatoms. The van der Waals surface area contributed by atoms with Crippen molar-refractivity contribution in [2.75, 3.05) is 5.75 Å². The summed E-state index contributed by atoms with van der Waals surface area (Å²) in [6, 6.07) is -0.628. The van der Waals surface area contributed by atoms with E-state index in [2.05, 4.69) is 4.99 Å². The van der Waals surface area contributed by atoms with Gasteiger partial charge in [0.15, 0.2) is 0 Å². The fourth-order valence-electron chi connectivity index (χ4n) is 0.577. The summed E-state index contributed by atoms with van der Waals surface area (Å²) < 4.78 is 28.8. The fraction of sp³-hybridized carbons (Fsp3) is 0.500. The van der Waals surface area contributed by atoms with Crippen molar-refractivity contribution in [1.82, 2.24) is 0 Å². The Morgan fingerprint density at radius 1 is 1.73 bits per heavy atom. The minimum atomic E-state index is -4.19. The lowest BCUT2D eigenvalue weighted by molar-refractivity contribution is -0.108. The highest BCUT2D eigenvalue weighted by Crippen LogP contribution is 2.19. The van der Waals surface area contributed by atoms with E-state index < -0.39 is 16.2 Å². The van der Waals surface area contributed by atoms with E-state index in [0.29, 0.717) is 12.0 Å². The van der Waals surface area contributed by atoms with E-state index in [9.17, 15) is 13.2 Å². The van der Waals surface area contributed by atoms with Crippen molar-refractivity contribution in [1.29, 1.82) is 0 Å². The maximum absolute atomic E-state index is 10.4. The first kappa shape index (κ1) is 8.69. The summed E-state index contributed by atoms with van der Waals surface area (Å²) in [4.78, 5) is 13.5. The molecular formula is C4H5NO4S2. The van der Waals surface area contributed by atoms with Gasteiger partial charge >= 0.3 is 10.1 Å². The van der Waals surface area contributed by atoms with Gasteiger partial charge in [-0.1, -0.05) is 11.8 Å². The van der Waals surface area contributed by atoms with Gasteiger partial charge in [0.05, 0.1) is 0 Å². The minimum absolute atomic E-state index is 0.290. The molecule has 1 heterocycles. The van der Waals surface area contributed by atoms with E-state index in [-0.39, 0.29) is 4.38 Å². The van der Waals surface area contributed by atoms with E-state index in [1.807, 2.05) is 0 Å². The average molecular weight is 195 g/mol. The number of carbonyl (C=O) groups is 1. The molecule has 0 spiro atoms. The zero-order chi connectivity index (χ0) is 8.48. The van der Waals surface area contributed by atoms with Crippen LogP contribution in [0.3, 0.4) is 0 Å². The molecule has 0 fully saturated rings. The van der Waals surface area contributed by atoms with Crippen molar-refractivity contribution in [2.45, 2.75) is 6.04 Å². The summed E-state index contributed by atoms with van der Waals surface area (Å²) >= 11 is 0.863. The van der Waals surface area contributed by atoms with Crippen LogP contribution in [0.5, 0.6) is 0 Å². The van der Waals surface area contributed by atoms with Crippen molar-refractivity contribution < 1.29 is 17.8 Å². The number of hydrogen-bond donors (Lipinski definition) is 1. The van der Waals surface area contributed by atoms with Crippen molar-refractivity contribution in [3.63, 3.8) is 0 Å². The van der Waals surface area contributed by atoms with Crippen LogP contribution in [0, 0.1) is 0 Å². The topological polar surface area (TPSA) is 83.8 Å².